The van der Waals surface area contributed by atoms with Gasteiger partial charge in [0.2, 0.25) is 5.91 Å². The number of nitrogens with one attached hydrogen (secondary N) is 4. The van der Waals surface area contributed by atoms with Crippen molar-refractivity contribution in [1.82, 2.24) is 35.7 Å². The molecule has 2 aliphatic heterocycles. The minimum atomic E-state index is -1.87. The van der Waals surface area contributed by atoms with Gasteiger partial charge in [0.25, 0.3) is 11.5 Å². The van der Waals surface area contributed by atoms with E-state index < -0.39 is 96.4 Å². The number of carboxylic acid groups (broad SMARTS) is 1. The van der Waals surface area contributed by atoms with Gasteiger partial charge in [0.05, 0.1) is 18.0 Å². The molecule has 0 spiro atoms. The van der Waals surface area contributed by atoms with Crippen LogP contribution in [0, 0.1) is 0 Å². The lowest BCUT2D eigenvalue weighted by molar-refractivity contribution is -0.228. The van der Waals surface area contributed by atoms with Crippen molar-refractivity contribution in [3.8, 4) is 0 Å². The molecule has 0 saturated carbocycles. The molecule has 0 aromatic carbocycles. The van der Waals surface area contributed by atoms with Crippen molar-refractivity contribution in [2.24, 2.45) is 5.73 Å². The number of amides is 2. The Hall–Kier alpha value is -4.19. The fraction of sp³-hybridized carbons (Fsp3) is 0.732. The number of carbonyl (C=O) groups is 3. The lowest BCUT2D eigenvalue weighted by Gasteiger charge is -2.33. The summed E-state index contributed by atoms with van der Waals surface area (Å²) in [6.07, 6.45) is 4.69. The topological polar surface area (TPSA) is 323 Å². The van der Waals surface area contributed by atoms with Gasteiger partial charge in [-0.2, -0.15) is 10.2 Å². The molecule has 62 heavy (non-hydrogen) atoms. The fourth-order valence-corrected chi connectivity index (χ4v) is 7.66. The monoisotopic (exact) mass is 878 g/mol. The number of nitrogens with two attached hydrogens (primary N) is 1. The van der Waals surface area contributed by atoms with Crippen LogP contribution in [0.5, 0.6) is 0 Å². The normalized spacial score (nSPS) is 25.0. The number of H-pyrrole nitrogens is 1. The summed E-state index contributed by atoms with van der Waals surface area (Å²) in [6.45, 7) is 1.99. The van der Waals surface area contributed by atoms with Gasteiger partial charge in [-0.1, -0.05) is 90.4 Å². The molecule has 2 aliphatic rings. The van der Waals surface area contributed by atoms with Crippen LogP contribution in [0.2, 0.25) is 0 Å². The zero-order valence-corrected chi connectivity index (χ0v) is 35.4. The first-order valence-corrected chi connectivity index (χ1v) is 21.9. The molecule has 21 nitrogen and oxygen atoms in total. The van der Waals surface area contributed by atoms with Gasteiger partial charge in [-0.15, -0.1) is 0 Å². The second kappa shape index (κ2) is 26.4. The number of ether oxygens (including phenoxy) is 3. The Balaban J connectivity index is 1.34. The highest BCUT2D eigenvalue weighted by molar-refractivity contribution is 5.97. The van der Waals surface area contributed by atoms with E-state index in [1.807, 2.05) is 4.98 Å². The van der Waals surface area contributed by atoms with E-state index in [-0.39, 0.29) is 31.6 Å². The van der Waals surface area contributed by atoms with Crippen LogP contribution in [0.4, 0.5) is 0 Å². The quantitative estimate of drug-likeness (QED) is 0.0463. The van der Waals surface area contributed by atoms with Crippen LogP contribution in [0.25, 0.3) is 0 Å². The summed E-state index contributed by atoms with van der Waals surface area (Å²) in [5.41, 5.74) is 4.17. The number of aromatic amines is 1. The average Bonchev–Trinajstić information content (AvgIpc) is 3.70. The van der Waals surface area contributed by atoms with Gasteiger partial charge >= 0.3 is 11.7 Å². The zero-order valence-electron chi connectivity index (χ0n) is 35.4. The maximum absolute atomic E-state index is 13.4. The van der Waals surface area contributed by atoms with Crippen LogP contribution >= 0.6 is 0 Å². The first-order valence-electron chi connectivity index (χ1n) is 21.9. The molecule has 2 aromatic heterocycles. The molecule has 2 saturated heterocycles. The van der Waals surface area contributed by atoms with Crippen LogP contribution in [0.3, 0.4) is 0 Å². The van der Waals surface area contributed by atoms with Crippen molar-refractivity contribution >= 4 is 17.8 Å². The molecule has 0 bridgehead atoms. The molecule has 2 fully saturated rings. The van der Waals surface area contributed by atoms with Gasteiger partial charge in [-0.25, -0.2) is 4.79 Å². The molecular formula is C41H66N8O13. The third-order valence-corrected chi connectivity index (χ3v) is 11.2. The van der Waals surface area contributed by atoms with Gasteiger partial charge in [-0.05, 0) is 25.5 Å². The maximum Gasteiger partial charge on any atom is 0.330 e. The van der Waals surface area contributed by atoms with E-state index >= 15 is 0 Å². The Morgan fingerprint density at radius 2 is 1.52 bits per heavy atom. The van der Waals surface area contributed by atoms with E-state index in [1.165, 1.54) is 69.8 Å². The molecule has 348 valence electrons. The molecular weight excluding hydrogens is 812 g/mol. The van der Waals surface area contributed by atoms with E-state index in [9.17, 15) is 49.5 Å². The first kappa shape index (κ1) is 50.5. The summed E-state index contributed by atoms with van der Waals surface area (Å²) in [5.74, 6) is -2.43. The summed E-state index contributed by atoms with van der Waals surface area (Å²) in [7, 11) is 0. The number of aliphatic hydroxyl groups is 4. The molecule has 0 unspecified atom stereocenters. The third-order valence-electron chi connectivity index (χ3n) is 11.2. The molecule has 4 heterocycles. The highest BCUT2D eigenvalue weighted by atomic mass is 16.7. The van der Waals surface area contributed by atoms with Crippen molar-refractivity contribution in [2.45, 2.75) is 171 Å². The van der Waals surface area contributed by atoms with Crippen LogP contribution in [-0.4, -0.2) is 144 Å². The molecule has 21 heteroatoms. The van der Waals surface area contributed by atoms with Crippen LogP contribution in [-0.2, 0) is 23.8 Å². The predicted octanol–water partition coefficient (Wildman–Crippen LogP) is -0.435. The Kier molecular flexibility index (Phi) is 21.5. The van der Waals surface area contributed by atoms with Crippen LogP contribution in [0.1, 0.15) is 120 Å². The molecule has 0 radical (unpaired) electrons. The number of carboxylic acids is 1. The van der Waals surface area contributed by atoms with E-state index in [4.69, 9.17) is 19.9 Å². The van der Waals surface area contributed by atoms with Gasteiger partial charge in [0, 0.05) is 25.4 Å². The van der Waals surface area contributed by atoms with Gasteiger partial charge in [0.15, 0.2) is 12.5 Å². The number of hydrogen-bond donors (Lipinski definition) is 10. The van der Waals surface area contributed by atoms with Gasteiger partial charge < -0.3 is 61.4 Å². The van der Waals surface area contributed by atoms with E-state index in [1.54, 1.807) is 0 Å². The standard InChI is InChI=1S/C41H66N8O13/c1-2-3-4-5-6-7-8-9-10-11-12-13-14-16-26(47-36(55)25-17-21-45-46-24-25)37(56)44-20-15-19-43-29(39(57)58)34(62-40-33(54)30(51)27(23-42)60-40)35-31(52)32(53)38(61-35)49-22-18-28(50)48-41(49)59/h17-18,21-22,24,26-27,29-35,38,40,43,51-54H,2-16,19-20,23,42H2,1H3,(H,44,56)(H,47,55)(H,57,58)(H,48,50,59)/t26-,27+,29-,30+,31-,32+,33+,34-,35-,38+,40-/m0/s1. The smallest absolute Gasteiger partial charge is 0.330 e. The number of hydrogen-bond acceptors (Lipinski definition) is 16. The SMILES string of the molecule is CCCCCCCCCCCCCCC[C@H](NC(=O)c1ccnnc1)C(=O)NCCCN[C@H](C(=O)O)[C@H](O[C@@H]1O[C@H](CN)[C@@H](O)[C@H]1O)[C@H]1O[C@@H](n2ccc(=O)[nH]c2=O)[C@H](O)[C@@H]1O. The maximum atomic E-state index is 13.4. The Morgan fingerprint density at radius 3 is 2.10 bits per heavy atom. The van der Waals surface area contributed by atoms with Gasteiger partial charge in [0.1, 0.15) is 54.8 Å². The predicted molar refractivity (Wildman–Crippen MR) is 222 cm³/mol. The minimum absolute atomic E-state index is 0.0543. The van der Waals surface area contributed by atoms with E-state index in [0.29, 0.717) is 12.8 Å². The second-order valence-corrected chi connectivity index (χ2v) is 16.0. The first-order chi connectivity index (χ1) is 29.9. The number of nitrogens with zero attached hydrogens (tertiary/aromatic N) is 3. The number of aliphatic hydroxyl groups excluding tert-OH is 4. The number of aliphatic carboxylic acids is 1. The molecule has 11 atom stereocenters. The van der Waals surface area contributed by atoms with Crippen molar-refractivity contribution in [2.75, 3.05) is 19.6 Å². The van der Waals surface area contributed by atoms with Crippen LogP contribution in [0.15, 0.2) is 40.3 Å². The number of rotatable bonds is 29. The number of aromatic nitrogens is 4. The number of carbonyl (C=O) groups excluding carboxylic acids is 2. The number of unbranched alkanes of at least 4 members (excludes halogenated alkanes) is 12. The highest BCUT2D eigenvalue weighted by Gasteiger charge is 2.54. The fourth-order valence-electron chi connectivity index (χ4n) is 7.66. The molecule has 4 rings (SSSR count). The summed E-state index contributed by atoms with van der Waals surface area (Å²) in [5, 5.41) is 69.4. The van der Waals surface area contributed by atoms with Crippen LogP contribution < -0.4 is 32.9 Å². The molecule has 11 N–H and O–H groups in total. The van der Waals surface area contributed by atoms with E-state index in [0.717, 1.165) is 42.5 Å². The molecule has 2 aromatic rings. The lowest BCUT2D eigenvalue weighted by atomic mass is 9.98. The highest BCUT2D eigenvalue weighted by Crippen LogP contribution is 2.34. The molecule has 0 aliphatic carbocycles. The lowest BCUT2D eigenvalue weighted by Crippen LogP contribution is -2.57. The Bertz CT molecular complexity index is 1770. The largest absolute Gasteiger partial charge is 0.480 e. The molecule has 2 amide bonds. The van der Waals surface area contributed by atoms with Gasteiger partial charge in [-0.3, -0.25) is 28.7 Å². The van der Waals surface area contributed by atoms with Crippen molar-refractivity contribution in [3.63, 3.8) is 0 Å². The third kappa shape index (κ3) is 15.0. The zero-order chi connectivity index (χ0) is 45.0. The average molecular weight is 879 g/mol. The second-order valence-electron chi connectivity index (χ2n) is 16.0. The van der Waals surface area contributed by atoms with E-state index in [2.05, 4.69) is 33.1 Å². The van der Waals surface area contributed by atoms with Crippen molar-refractivity contribution in [3.05, 3.63) is 57.1 Å². The summed E-state index contributed by atoms with van der Waals surface area (Å²) in [6, 6.07) is -0.119. The summed E-state index contributed by atoms with van der Waals surface area (Å²) >= 11 is 0. The minimum Gasteiger partial charge on any atom is -0.480 e. The van der Waals surface area contributed by atoms with Crippen molar-refractivity contribution in [1.29, 1.82) is 0 Å². The summed E-state index contributed by atoms with van der Waals surface area (Å²) < 4.78 is 18.1. The Morgan fingerprint density at radius 1 is 0.855 bits per heavy atom. The Labute approximate surface area is 360 Å². The summed E-state index contributed by atoms with van der Waals surface area (Å²) in [4.78, 5) is 65.4. The van der Waals surface area contributed by atoms with Crippen molar-refractivity contribution < 1.29 is 54.1 Å².